The largest absolute Gasteiger partial charge is 0.504 e. The van der Waals surface area contributed by atoms with Crippen molar-refractivity contribution in [2.24, 2.45) is 0 Å². The van der Waals surface area contributed by atoms with Gasteiger partial charge in [0.15, 0.2) is 11.5 Å². The first kappa shape index (κ1) is 11.9. The molecule has 0 aliphatic rings. The molecule has 0 saturated carbocycles. The molecule has 17 heavy (non-hydrogen) atoms. The number of phenols is 1. The summed E-state index contributed by atoms with van der Waals surface area (Å²) in [4.78, 5) is 4.37. The van der Waals surface area contributed by atoms with Crippen LogP contribution in [0.15, 0.2) is 23.6 Å². The van der Waals surface area contributed by atoms with E-state index < -0.39 is 0 Å². The number of hydrogen-bond donors (Lipinski definition) is 2. The lowest BCUT2D eigenvalue weighted by molar-refractivity contribution is 0.298. The summed E-state index contributed by atoms with van der Waals surface area (Å²) < 4.78 is 4.98. The fourth-order valence-electron chi connectivity index (χ4n) is 1.49. The van der Waals surface area contributed by atoms with Crippen molar-refractivity contribution in [1.29, 1.82) is 0 Å². The summed E-state index contributed by atoms with van der Waals surface area (Å²) in [6.07, 6.45) is 0.554. The smallest absolute Gasteiger partial charge is 0.160 e. The van der Waals surface area contributed by atoms with Crippen LogP contribution in [-0.2, 0) is 6.42 Å². The molecule has 0 aliphatic heterocycles. The van der Waals surface area contributed by atoms with Gasteiger partial charge in [0.05, 0.1) is 12.8 Å². The Bertz CT molecular complexity index is 510. The molecule has 0 atom stereocenters. The highest BCUT2D eigenvalue weighted by molar-refractivity contribution is 7.13. The first-order valence-corrected chi connectivity index (χ1v) is 6.05. The van der Waals surface area contributed by atoms with E-state index in [1.807, 2.05) is 11.4 Å². The summed E-state index contributed by atoms with van der Waals surface area (Å²) in [5.74, 6) is 0.546. The van der Waals surface area contributed by atoms with Crippen LogP contribution in [0.25, 0.3) is 10.6 Å². The third-order valence-electron chi connectivity index (χ3n) is 2.35. The number of aromatic hydroxyl groups is 1. The zero-order chi connectivity index (χ0) is 12.3. The van der Waals surface area contributed by atoms with Crippen LogP contribution < -0.4 is 4.74 Å². The van der Waals surface area contributed by atoms with E-state index in [0.29, 0.717) is 12.2 Å². The minimum atomic E-state index is 0.0943. The van der Waals surface area contributed by atoms with Crippen molar-refractivity contribution < 1.29 is 14.9 Å². The maximum absolute atomic E-state index is 9.67. The van der Waals surface area contributed by atoms with Crippen LogP contribution in [0, 0.1) is 0 Å². The number of hydrogen-bond acceptors (Lipinski definition) is 5. The first-order chi connectivity index (χ1) is 8.24. The number of nitrogens with zero attached hydrogens (tertiary/aromatic N) is 1. The zero-order valence-electron chi connectivity index (χ0n) is 9.38. The summed E-state index contributed by atoms with van der Waals surface area (Å²) in [7, 11) is 1.51. The number of phenolic OH excluding ortho intramolecular Hbond substituents is 1. The van der Waals surface area contributed by atoms with E-state index in [-0.39, 0.29) is 12.4 Å². The minimum Gasteiger partial charge on any atom is -0.504 e. The van der Waals surface area contributed by atoms with Crippen molar-refractivity contribution >= 4 is 11.3 Å². The number of benzene rings is 1. The molecule has 0 amide bonds. The van der Waals surface area contributed by atoms with E-state index in [1.165, 1.54) is 18.4 Å². The Kier molecular flexibility index (Phi) is 3.61. The molecule has 4 nitrogen and oxygen atoms in total. The van der Waals surface area contributed by atoms with Crippen molar-refractivity contribution in [3.63, 3.8) is 0 Å². The summed E-state index contributed by atoms with van der Waals surface area (Å²) in [5.41, 5.74) is 1.71. The molecule has 0 unspecified atom stereocenters. The Morgan fingerprint density at radius 1 is 1.41 bits per heavy atom. The van der Waals surface area contributed by atoms with E-state index in [9.17, 15) is 5.11 Å². The fraction of sp³-hybridized carbons (Fsp3) is 0.250. The molecule has 0 aliphatic carbocycles. The van der Waals surface area contributed by atoms with E-state index >= 15 is 0 Å². The van der Waals surface area contributed by atoms with Crippen LogP contribution in [0.2, 0.25) is 0 Å². The van der Waals surface area contributed by atoms with E-state index in [2.05, 4.69) is 4.98 Å². The van der Waals surface area contributed by atoms with Crippen molar-refractivity contribution in [3.8, 4) is 22.1 Å². The normalized spacial score (nSPS) is 10.5. The molecule has 5 heteroatoms. The van der Waals surface area contributed by atoms with E-state index in [1.54, 1.807) is 12.1 Å². The van der Waals surface area contributed by atoms with Gasteiger partial charge >= 0.3 is 0 Å². The van der Waals surface area contributed by atoms with Gasteiger partial charge in [0.25, 0.3) is 0 Å². The van der Waals surface area contributed by atoms with Gasteiger partial charge < -0.3 is 14.9 Å². The molecule has 2 rings (SSSR count). The van der Waals surface area contributed by atoms with Crippen LogP contribution in [0.4, 0.5) is 0 Å². The average molecular weight is 251 g/mol. The fourth-order valence-corrected chi connectivity index (χ4v) is 2.34. The number of rotatable bonds is 4. The number of aromatic nitrogens is 1. The van der Waals surface area contributed by atoms with E-state index in [4.69, 9.17) is 9.84 Å². The summed E-state index contributed by atoms with van der Waals surface area (Å²) in [5, 5.41) is 21.2. The maximum Gasteiger partial charge on any atom is 0.160 e. The third-order valence-corrected chi connectivity index (χ3v) is 3.29. The molecule has 1 aromatic carbocycles. The van der Waals surface area contributed by atoms with Crippen molar-refractivity contribution in [3.05, 3.63) is 29.3 Å². The Labute approximate surface area is 103 Å². The lowest BCUT2D eigenvalue weighted by Crippen LogP contribution is -1.90. The second-order valence-corrected chi connectivity index (χ2v) is 4.36. The molecule has 1 heterocycles. The SMILES string of the molecule is COc1ccc(-c2nc(CCO)cs2)cc1O. The quantitative estimate of drug-likeness (QED) is 0.873. The molecule has 0 radical (unpaired) electrons. The number of aliphatic hydroxyl groups excluding tert-OH is 1. The maximum atomic E-state index is 9.67. The zero-order valence-corrected chi connectivity index (χ0v) is 10.2. The molecular formula is C12H13NO3S. The van der Waals surface area contributed by atoms with Crippen LogP contribution >= 0.6 is 11.3 Å². The van der Waals surface area contributed by atoms with Gasteiger partial charge in [-0.2, -0.15) is 0 Å². The number of thiazole rings is 1. The van der Waals surface area contributed by atoms with Gasteiger partial charge in [0, 0.05) is 24.0 Å². The lowest BCUT2D eigenvalue weighted by atomic mass is 10.2. The highest BCUT2D eigenvalue weighted by atomic mass is 32.1. The lowest BCUT2D eigenvalue weighted by Gasteiger charge is -2.04. The van der Waals surface area contributed by atoms with Crippen LogP contribution in [0.5, 0.6) is 11.5 Å². The van der Waals surface area contributed by atoms with Crippen molar-refractivity contribution in [2.45, 2.75) is 6.42 Å². The molecule has 0 saturated heterocycles. The molecule has 0 fully saturated rings. The van der Waals surface area contributed by atoms with Gasteiger partial charge in [0.1, 0.15) is 5.01 Å². The summed E-state index contributed by atoms with van der Waals surface area (Å²) in [6, 6.07) is 5.18. The standard InChI is InChI=1S/C12H13NO3S/c1-16-11-3-2-8(6-10(11)15)12-13-9(4-5-14)7-17-12/h2-3,6-7,14-15H,4-5H2,1H3. The second-order valence-electron chi connectivity index (χ2n) is 3.50. The predicted molar refractivity (Wildman–Crippen MR) is 66.6 cm³/mol. The van der Waals surface area contributed by atoms with Gasteiger partial charge in [0.2, 0.25) is 0 Å². The van der Waals surface area contributed by atoms with Crippen LogP contribution in [0.1, 0.15) is 5.69 Å². The van der Waals surface area contributed by atoms with Gasteiger partial charge in [-0.3, -0.25) is 0 Å². The Morgan fingerprint density at radius 3 is 2.88 bits per heavy atom. The Morgan fingerprint density at radius 2 is 2.24 bits per heavy atom. The second kappa shape index (κ2) is 5.16. The van der Waals surface area contributed by atoms with E-state index in [0.717, 1.165) is 16.3 Å². The Balaban J connectivity index is 2.29. The molecule has 2 aromatic rings. The topological polar surface area (TPSA) is 62.6 Å². The van der Waals surface area contributed by atoms with Gasteiger partial charge in [-0.15, -0.1) is 11.3 Å². The molecule has 1 aromatic heterocycles. The number of aliphatic hydroxyl groups is 1. The number of methoxy groups -OCH3 is 1. The molecular weight excluding hydrogens is 238 g/mol. The summed E-state index contributed by atoms with van der Waals surface area (Å²) >= 11 is 1.49. The van der Waals surface area contributed by atoms with Crippen LogP contribution in [-0.4, -0.2) is 28.9 Å². The third kappa shape index (κ3) is 2.57. The van der Waals surface area contributed by atoms with Gasteiger partial charge in [-0.1, -0.05) is 0 Å². The molecule has 0 spiro atoms. The predicted octanol–water partition coefficient (Wildman–Crippen LogP) is 2.06. The summed E-state index contributed by atoms with van der Waals surface area (Å²) in [6.45, 7) is 0.0943. The van der Waals surface area contributed by atoms with Crippen molar-refractivity contribution in [1.82, 2.24) is 4.98 Å². The van der Waals surface area contributed by atoms with Gasteiger partial charge in [-0.05, 0) is 18.2 Å². The molecule has 0 bridgehead atoms. The van der Waals surface area contributed by atoms with Crippen LogP contribution in [0.3, 0.4) is 0 Å². The number of ether oxygens (including phenoxy) is 1. The Hall–Kier alpha value is -1.59. The van der Waals surface area contributed by atoms with Crippen molar-refractivity contribution in [2.75, 3.05) is 13.7 Å². The minimum absolute atomic E-state index is 0.0943. The highest BCUT2D eigenvalue weighted by Crippen LogP contribution is 2.32. The highest BCUT2D eigenvalue weighted by Gasteiger charge is 2.08. The molecule has 90 valence electrons. The molecule has 2 N–H and O–H groups in total. The monoisotopic (exact) mass is 251 g/mol. The first-order valence-electron chi connectivity index (χ1n) is 5.17. The van der Waals surface area contributed by atoms with Gasteiger partial charge in [-0.25, -0.2) is 4.98 Å². The average Bonchev–Trinajstić information content (AvgIpc) is 2.78.